The van der Waals surface area contributed by atoms with Gasteiger partial charge in [-0.15, -0.1) is 0 Å². The smallest absolute Gasteiger partial charge is 0.145 e. The molecule has 20 heavy (non-hydrogen) atoms. The first-order valence-electron chi connectivity index (χ1n) is 7.05. The first kappa shape index (κ1) is 12.9. The van der Waals surface area contributed by atoms with Gasteiger partial charge in [-0.2, -0.15) is 0 Å². The molecule has 2 N–H and O–H groups in total. The maximum absolute atomic E-state index is 6.00. The Morgan fingerprint density at radius 2 is 2.10 bits per heavy atom. The molecule has 3 rings (SSSR count). The molecule has 0 radical (unpaired) electrons. The number of nitrogens with two attached hydrogens (primary N) is 1. The van der Waals surface area contributed by atoms with Crippen LogP contribution in [0, 0.1) is 0 Å². The van der Waals surface area contributed by atoms with Crippen molar-refractivity contribution in [2.24, 2.45) is 0 Å². The number of hydrogen-bond acceptors (Lipinski definition) is 4. The third-order valence-electron chi connectivity index (χ3n) is 3.76. The van der Waals surface area contributed by atoms with Crippen molar-refractivity contribution in [2.75, 3.05) is 12.8 Å². The summed E-state index contributed by atoms with van der Waals surface area (Å²) in [7, 11) is 1.69. The lowest BCUT2D eigenvalue weighted by atomic mass is 9.91. The standard InChI is InChI=1S/C16H19N3O/c1-3-4-14-16(17)19-13-8-5-10-9-11(20-2)6-7-12(10)15(13)18-14/h6-7,9H,3-5,8H2,1-2H3,(H2,17,19). The molecule has 1 aliphatic carbocycles. The van der Waals surface area contributed by atoms with E-state index in [1.54, 1.807) is 7.11 Å². The van der Waals surface area contributed by atoms with Gasteiger partial charge in [-0.3, -0.25) is 0 Å². The molecule has 1 aromatic carbocycles. The van der Waals surface area contributed by atoms with Crippen LogP contribution in [-0.2, 0) is 19.3 Å². The molecule has 4 heteroatoms. The van der Waals surface area contributed by atoms with Crippen LogP contribution in [0.15, 0.2) is 18.2 Å². The van der Waals surface area contributed by atoms with Crippen LogP contribution in [0.3, 0.4) is 0 Å². The van der Waals surface area contributed by atoms with Gasteiger partial charge in [-0.1, -0.05) is 13.3 Å². The van der Waals surface area contributed by atoms with E-state index in [4.69, 9.17) is 15.5 Å². The van der Waals surface area contributed by atoms with Crippen LogP contribution in [0.4, 0.5) is 5.82 Å². The molecule has 104 valence electrons. The van der Waals surface area contributed by atoms with Crippen molar-refractivity contribution in [1.82, 2.24) is 9.97 Å². The summed E-state index contributed by atoms with van der Waals surface area (Å²) in [5.74, 6) is 1.48. The third-order valence-corrected chi connectivity index (χ3v) is 3.76. The van der Waals surface area contributed by atoms with Gasteiger partial charge >= 0.3 is 0 Å². The molecule has 0 spiro atoms. The van der Waals surface area contributed by atoms with Crippen LogP contribution in [0.2, 0.25) is 0 Å². The highest BCUT2D eigenvalue weighted by Crippen LogP contribution is 2.34. The number of hydrogen-bond donors (Lipinski definition) is 1. The summed E-state index contributed by atoms with van der Waals surface area (Å²) < 4.78 is 5.29. The maximum Gasteiger partial charge on any atom is 0.145 e. The number of ether oxygens (including phenoxy) is 1. The Kier molecular flexibility index (Phi) is 3.30. The summed E-state index contributed by atoms with van der Waals surface area (Å²) in [6.45, 7) is 2.12. The van der Waals surface area contributed by atoms with Crippen LogP contribution < -0.4 is 10.5 Å². The average molecular weight is 269 g/mol. The van der Waals surface area contributed by atoms with Crippen LogP contribution in [0.25, 0.3) is 11.3 Å². The van der Waals surface area contributed by atoms with Gasteiger partial charge in [0.1, 0.15) is 11.6 Å². The number of fused-ring (bicyclic) bond motifs is 3. The van der Waals surface area contributed by atoms with E-state index in [9.17, 15) is 0 Å². The minimum Gasteiger partial charge on any atom is -0.497 e. The Hall–Kier alpha value is -2.10. The van der Waals surface area contributed by atoms with Gasteiger partial charge in [-0.05, 0) is 43.0 Å². The summed E-state index contributed by atoms with van der Waals surface area (Å²) in [5, 5.41) is 0. The summed E-state index contributed by atoms with van der Waals surface area (Å²) in [4.78, 5) is 9.33. The lowest BCUT2D eigenvalue weighted by Gasteiger charge is -2.20. The highest BCUT2D eigenvalue weighted by Gasteiger charge is 2.21. The van der Waals surface area contributed by atoms with Crippen molar-refractivity contribution in [3.63, 3.8) is 0 Å². The Balaban J connectivity index is 2.12. The van der Waals surface area contributed by atoms with E-state index in [2.05, 4.69) is 24.0 Å². The van der Waals surface area contributed by atoms with Crippen LogP contribution in [0.1, 0.15) is 30.3 Å². The molecule has 0 bridgehead atoms. The normalized spacial score (nSPS) is 12.7. The second kappa shape index (κ2) is 5.12. The number of benzene rings is 1. The summed E-state index contributed by atoms with van der Waals surface area (Å²) in [6.07, 6.45) is 3.74. The summed E-state index contributed by atoms with van der Waals surface area (Å²) in [5.41, 5.74) is 11.4. The molecule has 0 saturated heterocycles. The number of methoxy groups -OCH3 is 1. The molecule has 0 unspecified atom stereocenters. The first-order chi connectivity index (χ1) is 9.72. The molecular formula is C16H19N3O. The fraction of sp³-hybridized carbons (Fsp3) is 0.375. The molecule has 1 aliphatic rings. The minimum atomic E-state index is 0.586. The van der Waals surface area contributed by atoms with Crippen molar-refractivity contribution in [2.45, 2.75) is 32.6 Å². The van der Waals surface area contributed by atoms with Crippen molar-refractivity contribution in [3.8, 4) is 17.0 Å². The third kappa shape index (κ3) is 2.11. The van der Waals surface area contributed by atoms with Gasteiger partial charge in [0, 0.05) is 5.56 Å². The molecule has 0 aliphatic heterocycles. The monoisotopic (exact) mass is 269 g/mol. The SMILES string of the molecule is CCCc1nc2c(nc1N)CCc1cc(OC)ccc1-2. The Morgan fingerprint density at radius 3 is 2.85 bits per heavy atom. The Bertz CT molecular complexity index is 652. The summed E-state index contributed by atoms with van der Waals surface area (Å²) >= 11 is 0. The fourth-order valence-corrected chi connectivity index (χ4v) is 2.72. The zero-order chi connectivity index (χ0) is 14.1. The second-order valence-corrected chi connectivity index (χ2v) is 5.12. The first-order valence-corrected chi connectivity index (χ1v) is 7.05. The fourth-order valence-electron chi connectivity index (χ4n) is 2.72. The zero-order valence-corrected chi connectivity index (χ0v) is 11.9. The molecule has 0 amide bonds. The molecule has 0 fully saturated rings. The predicted molar refractivity (Wildman–Crippen MR) is 79.8 cm³/mol. The zero-order valence-electron chi connectivity index (χ0n) is 11.9. The van der Waals surface area contributed by atoms with E-state index in [1.807, 2.05) is 6.07 Å². The van der Waals surface area contributed by atoms with Gasteiger partial charge in [0.25, 0.3) is 0 Å². The van der Waals surface area contributed by atoms with Crippen LogP contribution >= 0.6 is 0 Å². The number of anilines is 1. The number of nitrogen functional groups attached to an aromatic ring is 1. The lowest BCUT2D eigenvalue weighted by Crippen LogP contribution is -2.12. The van der Waals surface area contributed by atoms with Crippen molar-refractivity contribution in [1.29, 1.82) is 0 Å². The average Bonchev–Trinajstić information content (AvgIpc) is 2.47. The molecular weight excluding hydrogens is 250 g/mol. The van der Waals surface area contributed by atoms with E-state index in [0.29, 0.717) is 5.82 Å². The van der Waals surface area contributed by atoms with Crippen molar-refractivity contribution < 1.29 is 4.74 Å². The second-order valence-electron chi connectivity index (χ2n) is 5.12. The van der Waals surface area contributed by atoms with Gasteiger partial charge < -0.3 is 10.5 Å². The molecule has 0 saturated carbocycles. The molecule has 4 nitrogen and oxygen atoms in total. The molecule has 1 aromatic heterocycles. The largest absolute Gasteiger partial charge is 0.497 e. The molecule has 2 aromatic rings. The van der Waals surface area contributed by atoms with Gasteiger partial charge in [0.05, 0.1) is 24.2 Å². The summed E-state index contributed by atoms with van der Waals surface area (Å²) in [6, 6.07) is 6.15. The van der Waals surface area contributed by atoms with E-state index >= 15 is 0 Å². The minimum absolute atomic E-state index is 0.586. The van der Waals surface area contributed by atoms with E-state index < -0.39 is 0 Å². The Morgan fingerprint density at radius 1 is 1.25 bits per heavy atom. The van der Waals surface area contributed by atoms with Crippen LogP contribution in [-0.4, -0.2) is 17.1 Å². The molecule has 1 heterocycles. The van der Waals surface area contributed by atoms with E-state index in [0.717, 1.165) is 54.1 Å². The highest BCUT2D eigenvalue weighted by atomic mass is 16.5. The van der Waals surface area contributed by atoms with Crippen molar-refractivity contribution >= 4 is 5.82 Å². The van der Waals surface area contributed by atoms with E-state index in [1.165, 1.54) is 5.56 Å². The van der Waals surface area contributed by atoms with Gasteiger partial charge in [-0.25, -0.2) is 9.97 Å². The lowest BCUT2D eigenvalue weighted by molar-refractivity contribution is 0.414. The predicted octanol–water partition coefficient (Wildman–Crippen LogP) is 2.79. The van der Waals surface area contributed by atoms with Crippen LogP contribution in [0.5, 0.6) is 5.75 Å². The van der Waals surface area contributed by atoms with Crippen molar-refractivity contribution in [3.05, 3.63) is 35.2 Å². The number of aromatic nitrogens is 2. The van der Waals surface area contributed by atoms with E-state index in [-0.39, 0.29) is 0 Å². The number of aryl methyl sites for hydroxylation is 3. The maximum atomic E-state index is 6.00. The highest BCUT2D eigenvalue weighted by molar-refractivity contribution is 5.70. The number of nitrogens with zero attached hydrogens (tertiary/aromatic N) is 2. The van der Waals surface area contributed by atoms with Gasteiger partial charge in [0.2, 0.25) is 0 Å². The Labute approximate surface area is 119 Å². The van der Waals surface area contributed by atoms with Gasteiger partial charge in [0.15, 0.2) is 0 Å². The topological polar surface area (TPSA) is 61.0 Å². The quantitative estimate of drug-likeness (QED) is 0.930. The molecule has 0 atom stereocenters. The number of rotatable bonds is 3.